The Morgan fingerprint density at radius 2 is 2.10 bits per heavy atom. The van der Waals surface area contributed by atoms with Crippen LogP contribution in [-0.4, -0.2) is 22.0 Å². The molecule has 2 rings (SSSR count). The molecule has 0 amide bonds. The molecular formula is C15H19BrN2O2. The number of benzene rings is 1. The van der Waals surface area contributed by atoms with Crippen molar-refractivity contribution in [3.8, 4) is 5.75 Å². The Bertz CT molecular complexity index is 593. The minimum atomic E-state index is -1.18. The van der Waals surface area contributed by atoms with Gasteiger partial charge in [0, 0.05) is 12.1 Å². The third kappa shape index (κ3) is 2.60. The predicted molar refractivity (Wildman–Crippen MR) is 81.9 cm³/mol. The smallest absolute Gasteiger partial charge is 0.133 e. The summed E-state index contributed by atoms with van der Waals surface area (Å²) in [6, 6.07) is 7.49. The van der Waals surface area contributed by atoms with E-state index in [1.807, 2.05) is 28.9 Å². The summed E-state index contributed by atoms with van der Waals surface area (Å²) in [5.41, 5.74) is 0.279. The zero-order chi connectivity index (χ0) is 14.8. The Kier molecular flexibility index (Phi) is 4.50. The first-order chi connectivity index (χ1) is 9.52. The maximum Gasteiger partial charge on any atom is 0.133 e. The van der Waals surface area contributed by atoms with Gasteiger partial charge in [-0.15, -0.1) is 0 Å². The van der Waals surface area contributed by atoms with Crippen molar-refractivity contribution < 1.29 is 9.84 Å². The minimum Gasteiger partial charge on any atom is -0.496 e. The number of methoxy groups -OCH3 is 1. The van der Waals surface area contributed by atoms with Gasteiger partial charge in [0.1, 0.15) is 11.4 Å². The number of aliphatic hydroxyl groups is 1. The van der Waals surface area contributed by atoms with Crippen molar-refractivity contribution in [2.75, 3.05) is 7.11 Å². The van der Waals surface area contributed by atoms with Crippen LogP contribution in [0.4, 0.5) is 0 Å². The third-order valence-electron chi connectivity index (χ3n) is 3.32. The third-order valence-corrected chi connectivity index (χ3v) is 3.90. The fourth-order valence-electron chi connectivity index (χ4n) is 2.40. The van der Waals surface area contributed by atoms with Gasteiger partial charge in [-0.1, -0.05) is 25.1 Å². The number of hydrogen-bond donors (Lipinski definition) is 1. The number of hydrogen-bond acceptors (Lipinski definition) is 3. The molecule has 5 heteroatoms. The first-order valence-corrected chi connectivity index (χ1v) is 7.39. The highest BCUT2D eigenvalue weighted by atomic mass is 79.9. The van der Waals surface area contributed by atoms with Crippen molar-refractivity contribution in [3.63, 3.8) is 0 Å². The number of nitrogens with zero attached hydrogens (tertiary/aromatic N) is 2. The lowest BCUT2D eigenvalue weighted by Crippen LogP contribution is -2.28. The van der Waals surface area contributed by atoms with Gasteiger partial charge in [-0.3, -0.25) is 4.68 Å². The van der Waals surface area contributed by atoms with Gasteiger partial charge >= 0.3 is 0 Å². The molecule has 20 heavy (non-hydrogen) atoms. The molecule has 0 saturated heterocycles. The molecule has 0 aliphatic carbocycles. The molecule has 0 fully saturated rings. The van der Waals surface area contributed by atoms with Crippen molar-refractivity contribution >= 4 is 15.9 Å². The number of para-hydroxylation sites is 1. The van der Waals surface area contributed by atoms with Gasteiger partial charge in [-0.2, -0.15) is 5.10 Å². The van der Waals surface area contributed by atoms with Crippen LogP contribution in [0, 0.1) is 0 Å². The monoisotopic (exact) mass is 338 g/mol. The molecule has 0 bridgehead atoms. The van der Waals surface area contributed by atoms with Crippen molar-refractivity contribution in [1.82, 2.24) is 9.78 Å². The summed E-state index contributed by atoms with van der Waals surface area (Å²) >= 11 is 3.48. The SMILES string of the molecule is CCCn1ncc(Br)c1C(C)(O)c1ccccc1OC. The Morgan fingerprint density at radius 1 is 1.40 bits per heavy atom. The summed E-state index contributed by atoms with van der Waals surface area (Å²) in [6.07, 6.45) is 2.66. The molecule has 0 saturated carbocycles. The molecule has 0 aliphatic heterocycles. The summed E-state index contributed by atoms with van der Waals surface area (Å²) in [5, 5.41) is 15.4. The Morgan fingerprint density at radius 3 is 2.75 bits per heavy atom. The largest absolute Gasteiger partial charge is 0.496 e. The summed E-state index contributed by atoms with van der Waals surface area (Å²) in [4.78, 5) is 0. The first-order valence-electron chi connectivity index (χ1n) is 6.60. The molecular weight excluding hydrogens is 320 g/mol. The zero-order valence-corrected chi connectivity index (χ0v) is 13.5. The fourth-order valence-corrected chi connectivity index (χ4v) is 3.08. The number of halogens is 1. The van der Waals surface area contributed by atoms with Crippen LogP contribution in [0.25, 0.3) is 0 Å². The quantitative estimate of drug-likeness (QED) is 0.909. The lowest BCUT2D eigenvalue weighted by Gasteiger charge is -2.27. The highest BCUT2D eigenvalue weighted by molar-refractivity contribution is 9.10. The standard InChI is InChI=1S/C15H19BrN2O2/c1-4-9-18-14(12(16)10-17-18)15(2,19)11-7-5-6-8-13(11)20-3/h5-8,10,19H,4,9H2,1-3H3. The molecule has 1 aromatic carbocycles. The van der Waals surface area contributed by atoms with Gasteiger partial charge in [0.15, 0.2) is 0 Å². The summed E-state index contributed by atoms with van der Waals surface area (Å²) in [6.45, 7) is 4.60. The van der Waals surface area contributed by atoms with E-state index in [0.29, 0.717) is 5.75 Å². The van der Waals surface area contributed by atoms with E-state index in [-0.39, 0.29) is 0 Å². The number of aryl methyl sites for hydroxylation is 1. The Balaban J connectivity index is 2.57. The molecule has 1 heterocycles. The summed E-state index contributed by atoms with van der Waals surface area (Å²) in [5.74, 6) is 0.661. The van der Waals surface area contributed by atoms with Crippen molar-refractivity contribution in [2.24, 2.45) is 0 Å². The fraction of sp³-hybridized carbons (Fsp3) is 0.400. The lowest BCUT2D eigenvalue weighted by molar-refractivity contribution is 0.0876. The van der Waals surface area contributed by atoms with Crippen LogP contribution in [0.3, 0.4) is 0 Å². The van der Waals surface area contributed by atoms with E-state index in [1.54, 1.807) is 20.2 Å². The van der Waals surface area contributed by atoms with Gasteiger partial charge in [-0.05, 0) is 35.3 Å². The van der Waals surface area contributed by atoms with Crippen molar-refractivity contribution in [1.29, 1.82) is 0 Å². The number of ether oxygens (including phenoxy) is 1. The van der Waals surface area contributed by atoms with Crippen LogP contribution >= 0.6 is 15.9 Å². The Hall–Kier alpha value is -1.33. The lowest BCUT2D eigenvalue weighted by atomic mass is 9.91. The minimum absolute atomic E-state index is 0.661. The van der Waals surface area contributed by atoms with E-state index in [4.69, 9.17) is 4.74 Å². The molecule has 1 atom stereocenters. The maximum absolute atomic E-state index is 11.1. The number of aromatic nitrogens is 2. The highest BCUT2D eigenvalue weighted by Gasteiger charge is 2.34. The average molecular weight is 339 g/mol. The molecule has 0 aliphatic rings. The molecule has 108 valence electrons. The van der Waals surface area contributed by atoms with E-state index in [1.165, 1.54) is 0 Å². The molecule has 4 nitrogen and oxygen atoms in total. The van der Waals surface area contributed by atoms with Crippen LogP contribution in [0.2, 0.25) is 0 Å². The van der Waals surface area contributed by atoms with Gasteiger partial charge in [0.05, 0.1) is 23.5 Å². The van der Waals surface area contributed by atoms with Gasteiger partial charge in [0.2, 0.25) is 0 Å². The average Bonchev–Trinajstić information content (AvgIpc) is 2.81. The van der Waals surface area contributed by atoms with E-state index in [0.717, 1.165) is 28.7 Å². The molecule has 1 unspecified atom stereocenters. The topological polar surface area (TPSA) is 47.3 Å². The van der Waals surface area contributed by atoms with Crippen molar-refractivity contribution in [2.45, 2.75) is 32.4 Å². The van der Waals surface area contributed by atoms with Crippen LogP contribution < -0.4 is 4.74 Å². The van der Waals surface area contributed by atoms with E-state index < -0.39 is 5.60 Å². The second-order valence-electron chi connectivity index (χ2n) is 4.84. The second kappa shape index (κ2) is 5.97. The molecule has 0 spiro atoms. The van der Waals surface area contributed by atoms with E-state index in [2.05, 4.69) is 28.0 Å². The van der Waals surface area contributed by atoms with Crippen LogP contribution in [0.5, 0.6) is 5.75 Å². The van der Waals surface area contributed by atoms with E-state index >= 15 is 0 Å². The van der Waals surface area contributed by atoms with Gasteiger partial charge in [-0.25, -0.2) is 0 Å². The summed E-state index contributed by atoms with van der Waals surface area (Å²) < 4.78 is 7.99. The van der Waals surface area contributed by atoms with Gasteiger partial charge in [0.25, 0.3) is 0 Å². The second-order valence-corrected chi connectivity index (χ2v) is 5.69. The predicted octanol–water partition coefficient (Wildman–Crippen LogP) is 3.32. The zero-order valence-electron chi connectivity index (χ0n) is 11.9. The maximum atomic E-state index is 11.1. The molecule has 1 N–H and O–H groups in total. The van der Waals surface area contributed by atoms with Crippen molar-refractivity contribution in [3.05, 3.63) is 46.2 Å². The normalized spacial score (nSPS) is 14.1. The van der Waals surface area contributed by atoms with Crippen LogP contribution in [-0.2, 0) is 12.1 Å². The number of rotatable bonds is 5. The summed E-state index contributed by atoms with van der Waals surface area (Å²) in [7, 11) is 1.60. The van der Waals surface area contributed by atoms with Gasteiger partial charge < -0.3 is 9.84 Å². The first kappa shape index (κ1) is 15.1. The molecule has 2 aromatic rings. The Labute approximate surface area is 127 Å². The van der Waals surface area contributed by atoms with E-state index in [9.17, 15) is 5.11 Å². The molecule has 1 aromatic heterocycles. The van der Waals surface area contributed by atoms with Crippen LogP contribution in [0.15, 0.2) is 34.9 Å². The highest BCUT2D eigenvalue weighted by Crippen LogP contribution is 2.38. The molecule has 0 radical (unpaired) electrons. The van der Waals surface area contributed by atoms with Crippen LogP contribution in [0.1, 0.15) is 31.5 Å².